The molecule has 25 nitrogen and oxygen atoms in total. The Morgan fingerprint density at radius 3 is 0.753 bits per heavy atom. The van der Waals surface area contributed by atoms with Crippen LogP contribution in [0.2, 0.25) is 0 Å². The second-order valence-electron chi connectivity index (χ2n) is 36.5. The first-order valence-electron chi connectivity index (χ1n) is 47.1. The molecule has 146 heavy (non-hydrogen) atoms. The summed E-state index contributed by atoms with van der Waals surface area (Å²) in [4.78, 5) is 45.6. The summed E-state index contributed by atoms with van der Waals surface area (Å²) < 4.78 is 20.0. The van der Waals surface area contributed by atoms with Crippen molar-refractivity contribution in [1.29, 1.82) is 0 Å². The van der Waals surface area contributed by atoms with Gasteiger partial charge in [0.05, 0.1) is 86.7 Å². The smallest absolute Gasteiger partial charge is 0.127 e. The van der Waals surface area contributed by atoms with Crippen LogP contribution < -0.4 is 0 Å². The van der Waals surface area contributed by atoms with Crippen LogP contribution in [-0.4, -0.2) is 122 Å². The van der Waals surface area contributed by atoms with E-state index in [2.05, 4.69) is 382 Å². The van der Waals surface area contributed by atoms with Gasteiger partial charge in [-0.05, 0) is 201 Å². The number of rotatable bonds is 15. The number of aromatic nitrogens is 25. The van der Waals surface area contributed by atoms with Gasteiger partial charge in [0.1, 0.15) is 31.6 Å². The summed E-state index contributed by atoms with van der Waals surface area (Å²) in [5.41, 5.74) is 37.4. The summed E-state index contributed by atoms with van der Waals surface area (Å²) in [7, 11) is 10.1. The minimum atomic E-state index is 0. The molecule has 0 aliphatic carbocycles. The summed E-state index contributed by atoms with van der Waals surface area (Å²) in [5, 5.41) is 22.8. The number of hydrogen-bond acceptors (Lipinski definition) is 15. The van der Waals surface area contributed by atoms with Gasteiger partial charge in [-0.3, -0.25) is 73.2 Å². The Hall–Kier alpha value is -13.8. The number of nitrogens with zero attached hydrogens (tertiary/aromatic N) is 25. The predicted molar refractivity (Wildman–Crippen MR) is 561 cm³/mol. The van der Waals surface area contributed by atoms with Gasteiger partial charge < -0.3 is 22.8 Å². The third-order valence-electron chi connectivity index (χ3n) is 26.4. The van der Waals surface area contributed by atoms with Crippen molar-refractivity contribution in [3.05, 3.63) is 372 Å². The van der Waals surface area contributed by atoms with Gasteiger partial charge in [0.2, 0.25) is 0 Å². The summed E-state index contributed by atoms with van der Waals surface area (Å²) in [6.45, 7) is 33.6. The standard InChI is InChI=1S/C29H22N5.C25H22N5.C23H26N5.C20H20N5.C19H18N5.5Ir/c1-20-32-26-17-16-23(18-27(26)33(20)2)29-30-19-31-34(29)28-24(21-10-5-3-6-11-21)14-9-15-25(28)22-12-7-4-8-13-22;1-16-12-21(19-8-6-5-7-9-19)13-17(2)24(16)30-25(26-15-27-30)20-10-11-22-23(14-20)29(4)18(3)28-22;1-14(2)18-8-7-9-19(15(3)4)22(18)28-23(24-13-25-28)17-10-11-20-21(12-17)27(6)16(5)26-20;1-12-8-13(2)19(14(3)9-12)25-20(21-11-22-25)16-6-7-17-18(10-16)24(5)15(4)23-17;1-12-6-5-7-13(2)18(12)24-19(20-11-21-24)15-8-9-16-17(10-15)23(4)14(3)22-16;;;;;/h3-15,17-19H,1-2H3;5-9,11-15H,1-4H3;7-9,11-15H,1-6H3;7-11H,1-5H3;5-7,9-11H,1-4H3;;;;;/q5*-1;;;;;. The number of aryl methyl sites for hydroxylation is 17. The van der Waals surface area contributed by atoms with Gasteiger partial charge in [-0.1, -0.05) is 191 Å². The molecule has 23 rings (SSSR count). The van der Waals surface area contributed by atoms with Crippen LogP contribution in [-0.2, 0) is 136 Å². The van der Waals surface area contributed by atoms with Crippen molar-refractivity contribution in [3.63, 3.8) is 0 Å². The van der Waals surface area contributed by atoms with Gasteiger partial charge in [-0.2, -0.15) is 25.5 Å². The summed E-state index contributed by atoms with van der Waals surface area (Å²) in [5.74, 6) is 9.53. The molecular formula is C116H108Ir5N25-5. The van der Waals surface area contributed by atoms with E-state index in [4.69, 9.17) is 5.10 Å². The zero-order chi connectivity index (χ0) is 98.5. The first-order chi connectivity index (χ1) is 68.1. The van der Waals surface area contributed by atoms with Crippen LogP contribution in [0.25, 0.3) is 174 Å². The van der Waals surface area contributed by atoms with Crippen molar-refractivity contribution in [3.8, 4) is 119 Å². The molecule has 0 spiro atoms. The fourth-order valence-electron chi connectivity index (χ4n) is 18.8. The molecule has 0 bridgehead atoms. The van der Waals surface area contributed by atoms with Crippen molar-refractivity contribution in [2.24, 2.45) is 35.2 Å². The first-order valence-corrected chi connectivity index (χ1v) is 47.1. The third kappa shape index (κ3) is 21.3. The van der Waals surface area contributed by atoms with Crippen LogP contribution in [0.1, 0.15) is 119 Å². The van der Waals surface area contributed by atoms with Crippen LogP contribution >= 0.6 is 0 Å². The molecule has 10 heterocycles. The van der Waals surface area contributed by atoms with Crippen LogP contribution in [0.4, 0.5) is 0 Å². The van der Waals surface area contributed by atoms with E-state index in [1.54, 1.807) is 31.6 Å². The van der Waals surface area contributed by atoms with E-state index < -0.39 is 0 Å². The average molecular weight is 2810 g/mol. The Bertz CT molecular complexity index is 8470. The van der Waals surface area contributed by atoms with E-state index in [9.17, 15) is 0 Å². The molecular weight excluding hydrogens is 2700 g/mol. The van der Waals surface area contributed by atoms with Crippen LogP contribution in [0.5, 0.6) is 0 Å². The van der Waals surface area contributed by atoms with E-state index in [1.165, 1.54) is 50.1 Å². The van der Waals surface area contributed by atoms with Gasteiger partial charge in [-0.15, -0.1) is 119 Å². The molecule has 5 radical (unpaired) electrons. The number of fused-ring (bicyclic) bond motifs is 5. The maximum atomic E-state index is 4.71. The summed E-state index contributed by atoms with van der Waals surface area (Å²) >= 11 is 0. The minimum Gasteiger partial charge on any atom is -0.349 e. The van der Waals surface area contributed by atoms with Gasteiger partial charge in [0.15, 0.2) is 0 Å². The molecule has 13 aromatic carbocycles. The third-order valence-corrected chi connectivity index (χ3v) is 26.4. The minimum absolute atomic E-state index is 0. The van der Waals surface area contributed by atoms with E-state index in [0.29, 0.717) is 11.8 Å². The molecule has 23 aromatic rings. The topological polar surface area (TPSA) is 243 Å². The molecule has 0 aliphatic heterocycles. The van der Waals surface area contributed by atoms with E-state index in [0.717, 1.165) is 203 Å². The van der Waals surface area contributed by atoms with Crippen LogP contribution in [0, 0.1) is 113 Å². The zero-order valence-electron chi connectivity index (χ0n) is 84.8. The van der Waals surface area contributed by atoms with Crippen LogP contribution in [0.3, 0.4) is 0 Å². The molecule has 0 atom stereocenters. The van der Waals surface area contributed by atoms with Gasteiger partial charge in [0, 0.05) is 174 Å². The largest absolute Gasteiger partial charge is 0.349 e. The van der Waals surface area contributed by atoms with E-state index >= 15 is 0 Å². The van der Waals surface area contributed by atoms with Gasteiger partial charge in [-0.25, -0.2) is 0 Å². The normalized spacial score (nSPS) is 11.0. The van der Waals surface area contributed by atoms with E-state index in [-0.39, 0.29) is 101 Å². The first kappa shape index (κ1) is 108. The molecule has 0 saturated carbocycles. The molecule has 0 saturated heterocycles. The maximum absolute atomic E-state index is 4.71. The molecule has 0 aliphatic rings. The van der Waals surface area contributed by atoms with Crippen molar-refractivity contribution in [2.75, 3.05) is 0 Å². The Labute approximate surface area is 917 Å². The fraction of sp³-hybridized carbons (Fsp3) is 0.198. The number of hydrogen-bond donors (Lipinski definition) is 0. The molecule has 0 fully saturated rings. The summed E-state index contributed by atoms with van der Waals surface area (Å²) in [6.07, 6.45) is 8.03. The second kappa shape index (κ2) is 45.8. The second-order valence-corrected chi connectivity index (χ2v) is 36.5. The molecule has 747 valence electrons. The molecule has 0 N–H and O–H groups in total. The van der Waals surface area contributed by atoms with Crippen molar-refractivity contribution in [1.82, 2.24) is 122 Å². The predicted octanol–water partition coefficient (Wildman–Crippen LogP) is 24.0. The Morgan fingerprint density at radius 2 is 0.473 bits per heavy atom. The number of para-hydroxylation sites is 3. The quantitative estimate of drug-likeness (QED) is 0.0867. The SMILES string of the molecule is Cc1cc(-c2ccccc2)cc(C)c1-n1ncnc1-c1[c-]cc2nc(C)n(C)c2c1.Cc1cc(C)c(-n2ncnc2-c2[c-]cc3nc(C)n(C)c3c2)c(C)c1.Cc1cccc(C)c1-n1ncnc1-c1[c-]cc2nc(C)n(C)c2c1.Cc1nc2c[c-]c(-c3ncnn3-c3c(-c4ccccc4)cccc3-c3ccccc3)cc2n1C.Cc1nc2c[c-]c(-c3ncnn3-c3c(C(C)C)cccc3C(C)C)cc2n1C.[Ir].[Ir].[Ir].[Ir].[Ir]. The average Bonchev–Trinajstić information content (AvgIpc) is 1.62. The molecule has 0 amide bonds. The monoisotopic (exact) mass is 2820 g/mol. The Kier molecular flexibility index (Phi) is 33.9. The zero-order valence-corrected chi connectivity index (χ0v) is 96.8. The van der Waals surface area contributed by atoms with Crippen LogP contribution in [0.15, 0.2) is 262 Å². The maximum Gasteiger partial charge on any atom is 0.127 e. The molecule has 10 aromatic heterocycles. The molecule has 0 unspecified atom stereocenters. The number of imidazole rings is 5. The van der Waals surface area contributed by atoms with Crippen molar-refractivity contribution < 1.29 is 101 Å². The van der Waals surface area contributed by atoms with Crippen molar-refractivity contribution in [2.45, 2.75) is 123 Å². The fourth-order valence-corrected chi connectivity index (χ4v) is 18.8. The van der Waals surface area contributed by atoms with E-state index in [1.807, 2.05) is 142 Å². The Morgan fingerprint density at radius 1 is 0.233 bits per heavy atom. The van der Waals surface area contributed by atoms with Crippen molar-refractivity contribution >= 4 is 55.2 Å². The summed E-state index contributed by atoms with van der Waals surface area (Å²) in [6, 6.07) is 95.9. The number of benzene rings is 13. The Balaban J connectivity index is 0.000000144. The van der Waals surface area contributed by atoms with Gasteiger partial charge in [0.25, 0.3) is 0 Å². The molecule has 30 heteroatoms. The van der Waals surface area contributed by atoms with Gasteiger partial charge >= 0.3 is 0 Å².